The number of phenolic OH excluding ortho intramolecular Hbond substituents is 1. The molecule has 1 fully saturated rings. The molecule has 4 rings (SSSR count). The first-order valence-corrected chi connectivity index (χ1v) is 11.7. The first-order valence-electron chi connectivity index (χ1n) is 10.7. The number of thioether (sulfide) groups is 1. The highest BCUT2D eigenvalue weighted by molar-refractivity contribution is 7.98. The van der Waals surface area contributed by atoms with Gasteiger partial charge >= 0.3 is 0 Å². The molecule has 0 bridgehead atoms. The molecule has 32 heavy (non-hydrogen) atoms. The molecule has 0 radical (unpaired) electrons. The SMILES string of the molecule is COc1ccc(O)c(CN(C)Cc2nnc(SCc3ccccn3)n2CC2CCCO2)c1. The van der Waals surface area contributed by atoms with Crippen molar-refractivity contribution in [2.75, 3.05) is 20.8 Å². The van der Waals surface area contributed by atoms with E-state index in [1.807, 2.05) is 31.3 Å². The molecule has 9 heteroatoms. The van der Waals surface area contributed by atoms with Crippen LogP contribution in [0.15, 0.2) is 47.8 Å². The maximum absolute atomic E-state index is 10.2. The molecule has 1 atom stereocenters. The Kier molecular flexibility index (Phi) is 7.62. The van der Waals surface area contributed by atoms with Gasteiger partial charge in [-0.2, -0.15) is 0 Å². The highest BCUT2D eigenvalue weighted by atomic mass is 32.2. The van der Waals surface area contributed by atoms with Crippen LogP contribution in [0.25, 0.3) is 0 Å². The van der Waals surface area contributed by atoms with Gasteiger partial charge in [0.05, 0.1) is 32.0 Å². The number of aromatic hydroxyl groups is 1. The Labute approximate surface area is 192 Å². The standard InChI is InChI=1S/C23H29N5O3S/c1-27(13-17-12-19(30-2)8-9-21(17)29)15-22-25-26-23(28(22)14-20-7-5-11-31-20)32-16-18-6-3-4-10-24-18/h3-4,6,8-10,12,20,29H,5,7,11,13-16H2,1-2H3. The smallest absolute Gasteiger partial charge is 0.191 e. The minimum atomic E-state index is 0.187. The lowest BCUT2D eigenvalue weighted by Crippen LogP contribution is -2.23. The van der Waals surface area contributed by atoms with Crippen molar-refractivity contribution >= 4 is 11.8 Å². The van der Waals surface area contributed by atoms with E-state index in [9.17, 15) is 5.11 Å². The van der Waals surface area contributed by atoms with Gasteiger partial charge in [0.1, 0.15) is 17.3 Å². The zero-order valence-corrected chi connectivity index (χ0v) is 19.3. The molecule has 1 aliphatic heterocycles. The van der Waals surface area contributed by atoms with Gasteiger partial charge in [-0.05, 0) is 50.2 Å². The van der Waals surface area contributed by atoms with Crippen LogP contribution in [0.2, 0.25) is 0 Å². The van der Waals surface area contributed by atoms with Crippen molar-refractivity contribution in [3.05, 3.63) is 59.7 Å². The third-order valence-electron chi connectivity index (χ3n) is 5.42. The Morgan fingerprint density at radius 3 is 2.91 bits per heavy atom. The second kappa shape index (κ2) is 10.8. The summed E-state index contributed by atoms with van der Waals surface area (Å²) >= 11 is 1.64. The molecule has 2 aromatic heterocycles. The van der Waals surface area contributed by atoms with Crippen LogP contribution in [-0.2, 0) is 30.1 Å². The van der Waals surface area contributed by atoms with E-state index < -0.39 is 0 Å². The van der Waals surface area contributed by atoms with Gasteiger partial charge in [-0.1, -0.05) is 17.8 Å². The summed E-state index contributed by atoms with van der Waals surface area (Å²) in [5, 5.41) is 20.1. The number of ether oxygens (including phenoxy) is 2. The Morgan fingerprint density at radius 1 is 1.25 bits per heavy atom. The van der Waals surface area contributed by atoms with Crippen LogP contribution in [0, 0.1) is 0 Å². The van der Waals surface area contributed by atoms with Crippen molar-refractivity contribution in [2.45, 2.75) is 49.5 Å². The number of rotatable bonds is 10. The number of hydrogen-bond acceptors (Lipinski definition) is 8. The maximum atomic E-state index is 10.2. The zero-order valence-electron chi connectivity index (χ0n) is 18.5. The zero-order chi connectivity index (χ0) is 22.3. The van der Waals surface area contributed by atoms with E-state index in [2.05, 4.69) is 24.6 Å². The lowest BCUT2D eigenvalue weighted by atomic mass is 10.2. The first-order chi connectivity index (χ1) is 15.6. The molecular weight excluding hydrogens is 426 g/mol. The van der Waals surface area contributed by atoms with Crippen LogP contribution in [0.3, 0.4) is 0 Å². The summed E-state index contributed by atoms with van der Waals surface area (Å²) in [7, 11) is 3.63. The van der Waals surface area contributed by atoms with E-state index >= 15 is 0 Å². The van der Waals surface area contributed by atoms with Gasteiger partial charge in [-0.15, -0.1) is 10.2 Å². The van der Waals surface area contributed by atoms with Crippen molar-refractivity contribution in [1.82, 2.24) is 24.6 Å². The summed E-state index contributed by atoms with van der Waals surface area (Å²) in [5.41, 5.74) is 1.82. The fourth-order valence-electron chi connectivity index (χ4n) is 3.74. The monoisotopic (exact) mass is 455 g/mol. The summed E-state index contributed by atoms with van der Waals surface area (Å²) in [6, 6.07) is 11.2. The summed E-state index contributed by atoms with van der Waals surface area (Å²) < 4.78 is 13.3. The number of hydrogen-bond donors (Lipinski definition) is 1. The predicted molar refractivity (Wildman–Crippen MR) is 123 cm³/mol. The van der Waals surface area contributed by atoms with E-state index in [0.717, 1.165) is 59.7 Å². The number of methoxy groups -OCH3 is 1. The van der Waals surface area contributed by atoms with Crippen LogP contribution in [-0.4, -0.2) is 56.6 Å². The van der Waals surface area contributed by atoms with Gasteiger partial charge in [-0.25, -0.2) is 0 Å². The van der Waals surface area contributed by atoms with Crippen molar-refractivity contribution in [3.8, 4) is 11.5 Å². The molecule has 1 aromatic carbocycles. The molecule has 1 unspecified atom stereocenters. The number of benzene rings is 1. The van der Waals surface area contributed by atoms with Crippen molar-refractivity contribution < 1.29 is 14.6 Å². The Balaban J connectivity index is 1.48. The molecule has 1 N–H and O–H groups in total. The van der Waals surface area contributed by atoms with E-state index in [1.54, 1.807) is 37.2 Å². The number of phenols is 1. The second-order valence-corrected chi connectivity index (χ2v) is 8.86. The van der Waals surface area contributed by atoms with Crippen molar-refractivity contribution in [2.24, 2.45) is 0 Å². The van der Waals surface area contributed by atoms with Gasteiger partial charge < -0.3 is 19.1 Å². The molecule has 3 heterocycles. The molecule has 3 aromatic rings. The average molecular weight is 456 g/mol. The van der Waals surface area contributed by atoms with Gasteiger partial charge in [0.25, 0.3) is 0 Å². The van der Waals surface area contributed by atoms with Gasteiger partial charge in [0.15, 0.2) is 5.16 Å². The Morgan fingerprint density at radius 2 is 2.16 bits per heavy atom. The fourth-order valence-corrected chi connectivity index (χ4v) is 4.63. The topological polar surface area (TPSA) is 85.5 Å². The Bertz CT molecular complexity index is 1010. The maximum Gasteiger partial charge on any atom is 0.191 e. The van der Waals surface area contributed by atoms with Crippen LogP contribution in [0.1, 0.15) is 29.9 Å². The van der Waals surface area contributed by atoms with Gasteiger partial charge in [-0.3, -0.25) is 9.88 Å². The molecule has 1 aliphatic rings. The number of nitrogens with zero attached hydrogens (tertiary/aromatic N) is 5. The third kappa shape index (κ3) is 5.79. The lowest BCUT2D eigenvalue weighted by Gasteiger charge is -2.19. The number of aromatic nitrogens is 4. The summed E-state index contributed by atoms with van der Waals surface area (Å²) in [4.78, 5) is 6.51. The highest BCUT2D eigenvalue weighted by Gasteiger charge is 2.22. The minimum Gasteiger partial charge on any atom is -0.508 e. The number of pyridine rings is 1. The average Bonchev–Trinajstić information content (AvgIpc) is 3.45. The van der Waals surface area contributed by atoms with E-state index in [4.69, 9.17) is 9.47 Å². The Hall–Kier alpha value is -2.62. The van der Waals surface area contributed by atoms with E-state index in [0.29, 0.717) is 13.1 Å². The molecular formula is C23H29N5O3S. The van der Waals surface area contributed by atoms with Crippen LogP contribution in [0.4, 0.5) is 0 Å². The molecule has 0 aliphatic carbocycles. The normalized spacial score (nSPS) is 16.0. The summed E-state index contributed by atoms with van der Waals surface area (Å²) in [6.45, 7) is 2.71. The molecule has 170 valence electrons. The van der Waals surface area contributed by atoms with E-state index in [1.165, 1.54) is 0 Å². The first kappa shape index (κ1) is 22.6. The lowest BCUT2D eigenvalue weighted by molar-refractivity contribution is 0.0934. The van der Waals surface area contributed by atoms with Crippen molar-refractivity contribution in [1.29, 1.82) is 0 Å². The molecule has 0 saturated carbocycles. The third-order valence-corrected chi connectivity index (χ3v) is 6.42. The summed E-state index contributed by atoms with van der Waals surface area (Å²) in [5.74, 6) is 2.60. The van der Waals surface area contributed by atoms with Crippen LogP contribution >= 0.6 is 11.8 Å². The predicted octanol–water partition coefficient (Wildman–Crippen LogP) is 3.49. The fraction of sp³-hybridized carbons (Fsp3) is 0.435. The van der Waals surface area contributed by atoms with Crippen LogP contribution < -0.4 is 4.74 Å². The van der Waals surface area contributed by atoms with Crippen LogP contribution in [0.5, 0.6) is 11.5 Å². The summed E-state index contributed by atoms with van der Waals surface area (Å²) in [6.07, 6.45) is 4.14. The van der Waals surface area contributed by atoms with E-state index in [-0.39, 0.29) is 11.9 Å². The van der Waals surface area contributed by atoms with Gasteiger partial charge in [0, 0.05) is 30.7 Å². The molecule has 0 spiro atoms. The largest absolute Gasteiger partial charge is 0.508 e. The highest BCUT2D eigenvalue weighted by Crippen LogP contribution is 2.26. The minimum absolute atomic E-state index is 0.187. The second-order valence-electron chi connectivity index (χ2n) is 7.92. The molecule has 8 nitrogen and oxygen atoms in total. The van der Waals surface area contributed by atoms with Crippen molar-refractivity contribution in [3.63, 3.8) is 0 Å². The molecule has 0 amide bonds. The quantitative estimate of drug-likeness (QED) is 0.465. The molecule has 1 saturated heterocycles. The van der Waals surface area contributed by atoms with Gasteiger partial charge in [0.2, 0.25) is 0 Å².